The minimum Gasteiger partial charge on any atom is -0.346 e. The fourth-order valence-electron chi connectivity index (χ4n) is 3.39. The number of carbonyl (C=O) groups excluding carboxylic acids is 2. The third kappa shape index (κ3) is 4.72. The number of aromatic nitrogens is 2. The highest BCUT2D eigenvalue weighted by Crippen LogP contribution is 2.17. The van der Waals surface area contributed by atoms with Crippen molar-refractivity contribution in [3.8, 4) is 0 Å². The van der Waals surface area contributed by atoms with Gasteiger partial charge in [-0.1, -0.05) is 26.0 Å². The number of rotatable bonds is 6. The monoisotopic (exact) mass is 372 g/mol. The summed E-state index contributed by atoms with van der Waals surface area (Å²) in [6.45, 7) is 4.96. The summed E-state index contributed by atoms with van der Waals surface area (Å²) in [5, 5.41) is 7.31. The topological polar surface area (TPSA) is 67.2 Å². The molecule has 1 aliphatic heterocycles. The van der Waals surface area contributed by atoms with E-state index in [1.54, 1.807) is 34.8 Å². The summed E-state index contributed by atoms with van der Waals surface area (Å²) in [6, 6.07) is 7.75. The van der Waals surface area contributed by atoms with Gasteiger partial charge in [0, 0.05) is 26.6 Å². The van der Waals surface area contributed by atoms with Crippen molar-refractivity contribution in [2.75, 3.05) is 6.54 Å². The Morgan fingerprint density at radius 3 is 2.85 bits per heavy atom. The van der Waals surface area contributed by atoms with Gasteiger partial charge in [-0.2, -0.15) is 5.10 Å². The van der Waals surface area contributed by atoms with Crippen molar-refractivity contribution in [2.24, 2.45) is 13.0 Å². The van der Waals surface area contributed by atoms with Crippen molar-refractivity contribution in [3.05, 3.63) is 53.1 Å². The van der Waals surface area contributed by atoms with Crippen LogP contribution >= 0.6 is 0 Å². The lowest BCUT2D eigenvalue weighted by Gasteiger charge is -2.17. The molecule has 144 valence electrons. The highest BCUT2D eigenvalue weighted by atomic mass is 19.1. The van der Waals surface area contributed by atoms with E-state index in [1.165, 1.54) is 12.1 Å². The second-order valence-electron chi connectivity index (χ2n) is 7.52. The molecule has 3 rings (SSSR count). The molecular weight excluding hydrogens is 347 g/mol. The quantitative estimate of drug-likeness (QED) is 0.846. The van der Waals surface area contributed by atoms with Crippen molar-refractivity contribution < 1.29 is 14.0 Å². The van der Waals surface area contributed by atoms with Crippen LogP contribution in [0.4, 0.5) is 4.39 Å². The normalized spacial score (nSPS) is 17.0. The van der Waals surface area contributed by atoms with Crippen LogP contribution in [-0.4, -0.2) is 39.1 Å². The molecule has 27 heavy (non-hydrogen) atoms. The van der Waals surface area contributed by atoms with E-state index in [0.29, 0.717) is 24.7 Å². The van der Waals surface area contributed by atoms with Gasteiger partial charge in [-0.05, 0) is 36.1 Å². The van der Waals surface area contributed by atoms with Gasteiger partial charge in [0.1, 0.15) is 11.5 Å². The Hall–Kier alpha value is -2.70. The third-order valence-corrected chi connectivity index (χ3v) is 4.59. The second kappa shape index (κ2) is 7.90. The minimum absolute atomic E-state index is 0.0462. The molecule has 1 aromatic heterocycles. The number of amides is 2. The Kier molecular flexibility index (Phi) is 5.58. The van der Waals surface area contributed by atoms with E-state index in [2.05, 4.69) is 24.3 Å². The Labute approximate surface area is 158 Å². The van der Waals surface area contributed by atoms with Gasteiger partial charge in [0.2, 0.25) is 5.91 Å². The largest absolute Gasteiger partial charge is 0.346 e. The zero-order valence-corrected chi connectivity index (χ0v) is 15.9. The molecule has 7 heteroatoms. The van der Waals surface area contributed by atoms with Crippen molar-refractivity contribution in [2.45, 2.75) is 39.3 Å². The molecule has 1 atom stereocenters. The van der Waals surface area contributed by atoms with Crippen LogP contribution in [0.15, 0.2) is 30.3 Å². The highest BCUT2D eigenvalue weighted by Gasteiger charge is 2.31. The number of hydrogen-bond acceptors (Lipinski definition) is 3. The molecule has 1 N–H and O–H groups in total. The predicted molar refractivity (Wildman–Crippen MR) is 99.4 cm³/mol. The molecule has 1 saturated heterocycles. The second-order valence-corrected chi connectivity index (χ2v) is 7.52. The number of carbonyl (C=O) groups is 2. The first kappa shape index (κ1) is 19.1. The number of benzene rings is 1. The summed E-state index contributed by atoms with van der Waals surface area (Å²) in [7, 11) is 1.74. The lowest BCUT2D eigenvalue weighted by molar-refractivity contribution is -0.128. The molecular formula is C20H25FN4O2. The van der Waals surface area contributed by atoms with Crippen LogP contribution in [-0.2, 0) is 24.8 Å². The van der Waals surface area contributed by atoms with E-state index in [-0.39, 0.29) is 30.1 Å². The standard InChI is InChI=1S/C20H25FN4O2/c1-13(2)7-16-9-18(24(3)23-16)20(27)22-17-10-19(26)25(12-17)11-14-5-4-6-15(21)8-14/h4-6,8-9,13,17H,7,10-12H2,1-3H3,(H,22,27)/t17-/m1/s1. The van der Waals surface area contributed by atoms with E-state index >= 15 is 0 Å². The number of nitrogens with one attached hydrogen (secondary N) is 1. The number of aryl methyl sites for hydroxylation is 1. The van der Waals surface area contributed by atoms with E-state index in [1.807, 2.05) is 0 Å². The number of nitrogens with zero attached hydrogens (tertiary/aromatic N) is 3. The Morgan fingerprint density at radius 1 is 1.37 bits per heavy atom. The van der Waals surface area contributed by atoms with Crippen molar-refractivity contribution in [1.29, 1.82) is 0 Å². The molecule has 1 fully saturated rings. The molecule has 0 spiro atoms. The van der Waals surface area contributed by atoms with Crippen LogP contribution in [0.1, 0.15) is 42.0 Å². The summed E-state index contributed by atoms with van der Waals surface area (Å²) in [6.07, 6.45) is 1.06. The molecule has 0 aliphatic carbocycles. The summed E-state index contributed by atoms with van der Waals surface area (Å²) in [4.78, 5) is 26.5. The van der Waals surface area contributed by atoms with Crippen LogP contribution in [0.3, 0.4) is 0 Å². The Balaban J connectivity index is 1.61. The van der Waals surface area contributed by atoms with E-state index in [9.17, 15) is 14.0 Å². The van der Waals surface area contributed by atoms with Crippen molar-refractivity contribution in [3.63, 3.8) is 0 Å². The first-order valence-corrected chi connectivity index (χ1v) is 9.18. The first-order valence-electron chi connectivity index (χ1n) is 9.18. The smallest absolute Gasteiger partial charge is 0.269 e. The molecule has 0 radical (unpaired) electrons. The van der Waals surface area contributed by atoms with Gasteiger partial charge in [0.25, 0.3) is 5.91 Å². The van der Waals surface area contributed by atoms with Gasteiger partial charge in [-0.25, -0.2) is 4.39 Å². The maximum atomic E-state index is 13.3. The van der Waals surface area contributed by atoms with Crippen molar-refractivity contribution >= 4 is 11.8 Å². The zero-order valence-electron chi connectivity index (χ0n) is 15.9. The molecule has 1 aliphatic rings. The van der Waals surface area contributed by atoms with E-state index in [4.69, 9.17) is 0 Å². The summed E-state index contributed by atoms with van der Waals surface area (Å²) < 4.78 is 14.9. The Morgan fingerprint density at radius 2 is 2.15 bits per heavy atom. The predicted octanol–water partition coefficient (Wildman–Crippen LogP) is 2.29. The zero-order chi connectivity index (χ0) is 19.6. The van der Waals surface area contributed by atoms with Gasteiger partial charge < -0.3 is 10.2 Å². The van der Waals surface area contributed by atoms with Gasteiger partial charge in [-0.3, -0.25) is 14.3 Å². The van der Waals surface area contributed by atoms with Crippen LogP contribution < -0.4 is 5.32 Å². The SMILES string of the molecule is CC(C)Cc1cc(C(=O)N[C@@H]2CC(=O)N(Cc3cccc(F)c3)C2)n(C)n1. The Bertz CT molecular complexity index is 846. The van der Waals surface area contributed by atoms with E-state index in [0.717, 1.165) is 17.7 Å². The summed E-state index contributed by atoms with van der Waals surface area (Å²) in [5.74, 6) is -0.141. The van der Waals surface area contributed by atoms with Gasteiger partial charge >= 0.3 is 0 Å². The molecule has 0 unspecified atom stereocenters. The lowest BCUT2D eigenvalue weighted by atomic mass is 10.1. The van der Waals surface area contributed by atoms with Crippen molar-refractivity contribution in [1.82, 2.24) is 20.0 Å². The van der Waals surface area contributed by atoms with Crippen LogP contribution in [0.25, 0.3) is 0 Å². The molecule has 6 nitrogen and oxygen atoms in total. The average Bonchev–Trinajstić information content (AvgIpc) is 3.09. The summed E-state index contributed by atoms with van der Waals surface area (Å²) >= 11 is 0. The maximum absolute atomic E-state index is 13.3. The lowest BCUT2D eigenvalue weighted by Crippen LogP contribution is -2.37. The number of likely N-dealkylation sites (tertiary alicyclic amines) is 1. The highest BCUT2D eigenvalue weighted by molar-refractivity contribution is 5.93. The number of hydrogen-bond donors (Lipinski definition) is 1. The van der Waals surface area contributed by atoms with Gasteiger partial charge in [0.05, 0.1) is 11.7 Å². The van der Waals surface area contributed by atoms with Crippen LogP contribution in [0.5, 0.6) is 0 Å². The van der Waals surface area contributed by atoms with Crippen LogP contribution in [0, 0.1) is 11.7 Å². The molecule has 0 saturated carbocycles. The maximum Gasteiger partial charge on any atom is 0.269 e. The van der Waals surface area contributed by atoms with Gasteiger partial charge in [-0.15, -0.1) is 0 Å². The first-order chi connectivity index (χ1) is 12.8. The minimum atomic E-state index is -0.322. The molecule has 2 heterocycles. The fourth-order valence-corrected chi connectivity index (χ4v) is 3.39. The van der Waals surface area contributed by atoms with E-state index < -0.39 is 0 Å². The molecule has 0 bridgehead atoms. The molecule has 2 amide bonds. The number of halogens is 1. The summed E-state index contributed by atoms with van der Waals surface area (Å²) in [5.41, 5.74) is 2.11. The van der Waals surface area contributed by atoms with Crippen LogP contribution in [0.2, 0.25) is 0 Å². The molecule has 1 aromatic carbocycles. The molecule has 2 aromatic rings. The third-order valence-electron chi connectivity index (χ3n) is 4.59. The van der Waals surface area contributed by atoms with Gasteiger partial charge in [0.15, 0.2) is 0 Å². The fraction of sp³-hybridized carbons (Fsp3) is 0.450. The average molecular weight is 372 g/mol.